The van der Waals surface area contributed by atoms with Gasteiger partial charge in [0.05, 0.1) is 6.04 Å². The number of aliphatic carboxylic acids is 1. The molecular formula is C24H39N7O6. The molecule has 11 N–H and O–H groups in total. The maximum absolute atomic E-state index is 13.0. The summed E-state index contributed by atoms with van der Waals surface area (Å²) < 4.78 is 0. The van der Waals surface area contributed by atoms with Gasteiger partial charge in [0.15, 0.2) is 5.96 Å². The molecule has 5 atom stereocenters. The molecular weight excluding hydrogens is 482 g/mol. The van der Waals surface area contributed by atoms with Gasteiger partial charge in [-0.25, -0.2) is 4.79 Å². The van der Waals surface area contributed by atoms with Gasteiger partial charge in [0.1, 0.15) is 23.9 Å². The van der Waals surface area contributed by atoms with E-state index in [1.165, 1.54) is 19.1 Å². The van der Waals surface area contributed by atoms with Crippen LogP contribution < -0.4 is 33.2 Å². The van der Waals surface area contributed by atoms with Crippen LogP contribution in [0, 0.1) is 5.92 Å². The number of aromatic hydroxyl groups is 1. The summed E-state index contributed by atoms with van der Waals surface area (Å²) in [5.41, 5.74) is 17.2. The number of nitrogens with two attached hydrogens (primary N) is 3. The number of amides is 3. The van der Waals surface area contributed by atoms with Crippen molar-refractivity contribution in [3.63, 3.8) is 0 Å². The number of guanidine groups is 1. The summed E-state index contributed by atoms with van der Waals surface area (Å²) in [6, 6.07) is 1.70. The molecule has 13 nitrogen and oxygen atoms in total. The fraction of sp³-hybridized carbons (Fsp3) is 0.542. The van der Waals surface area contributed by atoms with Gasteiger partial charge in [-0.2, -0.15) is 0 Å². The molecule has 0 bridgehead atoms. The molecule has 0 spiro atoms. The molecule has 0 fully saturated rings. The number of rotatable bonds is 15. The van der Waals surface area contributed by atoms with Crippen LogP contribution >= 0.6 is 0 Å². The zero-order chi connectivity index (χ0) is 28.1. The van der Waals surface area contributed by atoms with Crippen molar-refractivity contribution in [3.8, 4) is 5.75 Å². The van der Waals surface area contributed by atoms with Crippen LogP contribution in [0.4, 0.5) is 0 Å². The minimum atomic E-state index is -1.26. The fourth-order valence-electron chi connectivity index (χ4n) is 3.30. The van der Waals surface area contributed by atoms with E-state index in [1.54, 1.807) is 12.1 Å². The first kappa shape index (κ1) is 31.2. The molecule has 1 aromatic carbocycles. The van der Waals surface area contributed by atoms with Crippen molar-refractivity contribution in [2.24, 2.45) is 28.1 Å². The number of nitrogens with zero attached hydrogens (tertiary/aromatic N) is 1. The summed E-state index contributed by atoms with van der Waals surface area (Å²) in [6.45, 7) is 5.34. The van der Waals surface area contributed by atoms with Gasteiger partial charge in [0, 0.05) is 13.0 Å². The molecule has 1 rings (SSSR count). The quantitative estimate of drug-likeness (QED) is 0.0794. The topological polar surface area (TPSA) is 235 Å². The number of carboxylic acid groups (broad SMARTS) is 1. The van der Waals surface area contributed by atoms with E-state index in [9.17, 15) is 29.4 Å². The molecule has 1 aromatic rings. The van der Waals surface area contributed by atoms with Crippen LogP contribution in [0.3, 0.4) is 0 Å². The molecule has 13 heteroatoms. The number of benzene rings is 1. The Labute approximate surface area is 216 Å². The number of nitrogens with one attached hydrogen (secondary N) is 3. The average Bonchev–Trinajstić information content (AvgIpc) is 2.84. The highest BCUT2D eigenvalue weighted by atomic mass is 16.4. The van der Waals surface area contributed by atoms with Gasteiger partial charge < -0.3 is 43.4 Å². The maximum atomic E-state index is 13.0. The van der Waals surface area contributed by atoms with Crippen molar-refractivity contribution in [1.82, 2.24) is 16.0 Å². The monoisotopic (exact) mass is 521 g/mol. The van der Waals surface area contributed by atoms with Crippen molar-refractivity contribution < 1.29 is 29.4 Å². The van der Waals surface area contributed by atoms with Crippen LogP contribution in [0.2, 0.25) is 0 Å². The molecule has 0 saturated carbocycles. The van der Waals surface area contributed by atoms with E-state index in [0.717, 1.165) is 0 Å². The molecule has 5 unspecified atom stereocenters. The summed E-state index contributed by atoms with van der Waals surface area (Å²) in [6.07, 6.45) is 1.18. The van der Waals surface area contributed by atoms with Crippen molar-refractivity contribution in [2.45, 2.75) is 70.6 Å². The van der Waals surface area contributed by atoms with Gasteiger partial charge in [-0.3, -0.25) is 19.4 Å². The van der Waals surface area contributed by atoms with Gasteiger partial charge in [0.2, 0.25) is 17.7 Å². The molecule has 0 aliphatic carbocycles. The minimum Gasteiger partial charge on any atom is -0.508 e. The van der Waals surface area contributed by atoms with Gasteiger partial charge in [-0.1, -0.05) is 32.4 Å². The first-order chi connectivity index (χ1) is 17.3. The number of carbonyl (C=O) groups is 4. The largest absolute Gasteiger partial charge is 0.508 e. The van der Waals surface area contributed by atoms with Crippen LogP contribution in [0.15, 0.2) is 29.3 Å². The highest BCUT2D eigenvalue weighted by Crippen LogP contribution is 2.12. The zero-order valence-electron chi connectivity index (χ0n) is 21.4. The Balaban J connectivity index is 2.85. The molecule has 3 amide bonds. The molecule has 0 aromatic heterocycles. The lowest BCUT2D eigenvalue weighted by Gasteiger charge is -2.25. The van der Waals surface area contributed by atoms with E-state index >= 15 is 0 Å². The smallest absolute Gasteiger partial charge is 0.326 e. The summed E-state index contributed by atoms with van der Waals surface area (Å²) in [5, 5.41) is 26.5. The number of carbonyl (C=O) groups excluding carboxylic acids is 3. The number of hydrogen-bond donors (Lipinski definition) is 8. The number of hydrogen-bond acceptors (Lipinski definition) is 7. The Hall–Kier alpha value is -3.87. The molecule has 0 aliphatic rings. The minimum absolute atomic E-state index is 0.0287. The number of aliphatic imine (C=N–C) groups is 1. The third kappa shape index (κ3) is 11.2. The number of phenolic OH excluding ortho intramolecular Hbond substituents is 1. The molecule has 0 radical (unpaired) electrons. The second kappa shape index (κ2) is 15.3. The van der Waals surface area contributed by atoms with Crippen LogP contribution in [0.25, 0.3) is 0 Å². The van der Waals surface area contributed by atoms with Gasteiger partial charge in [-0.15, -0.1) is 0 Å². The molecule has 206 valence electrons. The first-order valence-electron chi connectivity index (χ1n) is 12.1. The lowest BCUT2D eigenvalue weighted by Crippen LogP contribution is -2.57. The predicted octanol–water partition coefficient (Wildman–Crippen LogP) is -1.08. The van der Waals surface area contributed by atoms with E-state index in [0.29, 0.717) is 18.4 Å². The number of phenols is 1. The third-order valence-corrected chi connectivity index (χ3v) is 5.88. The van der Waals surface area contributed by atoms with Gasteiger partial charge in [0.25, 0.3) is 0 Å². The zero-order valence-corrected chi connectivity index (χ0v) is 21.4. The normalized spacial score (nSPS) is 14.8. The second-order valence-corrected chi connectivity index (χ2v) is 8.92. The summed E-state index contributed by atoms with van der Waals surface area (Å²) in [4.78, 5) is 53.8. The van der Waals surface area contributed by atoms with E-state index in [-0.39, 0.29) is 37.0 Å². The van der Waals surface area contributed by atoms with E-state index in [1.807, 2.05) is 13.8 Å². The second-order valence-electron chi connectivity index (χ2n) is 8.92. The SMILES string of the molecule is CCC(C)C(N)C(=O)NC(CCCN=C(N)N)C(=O)NC(C)C(=O)NC(Cc1ccc(O)cc1)C(=O)O. The Morgan fingerprint density at radius 3 is 2.08 bits per heavy atom. The Morgan fingerprint density at radius 1 is 0.946 bits per heavy atom. The van der Waals surface area contributed by atoms with Crippen molar-refractivity contribution in [2.75, 3.05) is 6.54 Å². The summed E-state index contributed by atoms with van der Waals surface area (Å²) in [7, 11) is 0. The van der Waals surface area contributed by atoms with E-state index < -0.39 is 47.9 Å². The highest BCUT2D eigenvalue weighted by molar-refractivity contribution is 5.94. The molecule has 0 heterocycles. The molecule has 0 saturated heterocycles. The maximum Gasteiger partial charge on any atom is 0.326 e. The van der Waals surface area contributed by atoms with Crippen molar-refractivity contribution in [3.05, 3.63) is 29.8 Å². The van der Waals surface area contributed by atoms with Crippen LogP contribution in [-0.4, -0.2) is 70.6 Å². The van der Waals surface area contributed by atoms with Crippen molar-refractivity contribution in [1.29, 1.82) is 0 Å². The van der Waals surface area contributed by atoms with E-state index in [4.69, 9.17) is 17.2 Å². The standard InChI is InChI=1S/C24H39N7O6/c1-4-13(2)19(25)22(35)30-17(6-5-11-28-24(26)27)21(34)29-14(3)20(33)31-18(23(36)37)12-15-7-9-16(32)10-8-15/h7-10,13-14,17-19,32H,4-6,11-12,25H2,1-3H3,(H,29,34)(H,30,35)(H,31,33)(H,36,37)(H4,26,27,28). The van der Waals surface area contributed by atoms with E-state index in [2.05, 4.69) is 20.9 Å². The van der Waals surface area contributed by atoms with Crippen LogP contribution in [-0.2, 0) is 25.6 Å². The Bertz CT molecular complexity index is 949. The lowest BCUT2D eigenvalue weighted by atomic mass is 9.98. The van der Waals surface area contributed by atoms with Crippen LogP contribution in [0.1, 0.15) is 45.6 Å². The lowest BCUT2D eigenvalue weighted by molar-refractivity contribution is -0.142. The van der Waals surface area contributed by atoms with Gasteiger partial charge >= 0.3 is 5.97 Å². The Morgan fingerprint density at radius 2 is 1.54 bits per heavy atom. The van der Waals surface area contributed by atoms with Crippen molar-refractivity contribution >= 4 is 29.7 Å². The first-order valence-corrected chi connectivity index (χ1v) is 12.1. The fourth-order valence-corrected chi connectivity index (χ4v) is 3.30. The molecule has 37 heavy (non-hydrogen) atoms. The number of carboxylic acids is 1. The van der Waals surface area contributed by atoms with Crippen LogP contribution in [0.5, 0.6) is 5.75 Å². The summed E-state index contributed by atoms with van der Waals surface area (Å²) in [5.74, 6) is -3.31. The highest BCUT2D eigenvalue weighted by Gasteiger charge is 2.29. The Kier molecular flexibility index (Phi) is 12.9. The average molecular weight is 522 g/mol. The predicted molar refractivity (Wildman–Crippen MR) is 138 cm³/mol. The molecule has 0 aliphatic heterocycles. The third-order valence-electron chi connectivity index (χ3n) is 5.88. The summed E-state index contributed by atoms with van der Waals surface area (Å²) >= 11 is 0. The van der Waals surface area contributed by atoms with Gasteiger partial charge in [-0.05, 0) is 43.4 Å².